The van der Waals surface area contributed by atoms with Crippen molar-refractivity contribution < 1.29 is 19.1 Å². The molecule has 0 atom stereocenters. The van der Waals surface area contributed by atoms with Gasteiger partial charge < -0.3 is 14.8 Å². The molecule has 0 fully saturated rings. The topological polar surface area (TPSA) is 76.7 Å². The quantitative estimate of drug-likeness (QED) is 0.691. The normalized spacial score (nSPS) is 9.52. The molecule has 0 unspecified atom stereocenters. The second kappa shape index (κ2) is 11.8. The Hall–Kier alpha value is -1.66. The molecule has 0 spiro atoms. The van der Waals surface area contributed by atoms with E-state index in [0.717, 1.165) is 12.8 Å². The van der Waals surface area contributed by atoms with E-state index in [4.69, 9.17) is 21.1 Å². The summed E-state index contributed by atoms with van der Waals surface area (Å²) in [5.74, 6) is 0.335. The Morgan fingerprint density at radius 3 is 2.26 bits per heavy atom. The van der Waals surface area contributed by atoms with Crippen LogP contribution in [0.3, 0.4) is 0 Å². The van der Waals surface area contributed by atoms with Gasteiger partial charge in [-0.15, -0.1) is 24.0 Å². The molecule has 0 bridgehead atoms. The molecule has 1 aromatic rings. The predicted octanol–water partition coefficient (Wildman–Crippen LogP) is 3.57. The van der Waals surface area contributed by atoms with Crippen molar-refractivity contribution in [2.24, 2.45) is 0 Å². The minimum Gasteiger partial charge on any atom is -0.490 e. The SMILES string of the molecule is CCCOc1ccc(NC(=O)NC(=O)CCl)cc1OCCC.Cl. The molecule has 0 aliphatic rings. The average molecular weight is 365 g/mol. The number of ether oxygens (including phenoxy) is 2. The van der Waals surface area contributed by atoms with E-state index in [1.54, 1.807) is 18.2 Å². The lowest BCUT2D eigenvalue weighted by Gasteiger charge is -2.14. The predicted molar refractivity (Wildman–Crippen MR) is 93.1 cm³/mol. The lowest BCUT2D eigenvalue weighted by Crippen LogP contribution is -2.35. The fraction of sp³-hybridized carbons (Fsp3) is 0.467. The molecule has 3 amide bonds. The van der Waals surface area contributed by atoms with Gasteiger partial charge in [0.25, 0.3) is 0 Å². The molecule has 1 aromatic carbocycles. The maximum atomic E-state index is 11.6. The number of rotatable bonds is 8. The number of carbonyl (C=O) groups is 2. The third kappa shape index (κ3) is 7.95. The largest absolute Gasteiger partial charge is 0.490 e. The van der Waals surface area contributed by atoms with Gasteiger partial charge in [0.15, 0.2) is 11.5 Å². The number of hydrogen-bond donors (Lipinski definition) is 2. The van der Waals surface area contributed by atoms with E-state index >= 15 is 0 Å². The van der Waals surface area contributed by atoms with E-state index in [1.807, 2.05) is 13.8 Å². The van der Waals surface area contributed by atoms with Crippen LogP contribution in [-0.2, 0) is 4.79 Å². The van der Waals surface area contributed by atoms with Crippen molar-refractivity contribution in [2.75, 3.05) is 24.4 Å². The molecule has 0 radical (unpaired) electrons. The maximum Gasteiger partial charge on any atom is 0.325 e. The average Bonchev–Trinajstić information content (AvgIpc) is 2.51. The number of carbonyl (C=O) groups excluding carboxylic acids is 2. The van der Waals surface area contributed by atoms with Gasteiger partial charge in [0.1, 0.15) is 5.88 Å². The van der Waals surface area contributed by atoms with Gasteiger partial charge in [0.2, 0.25) is 5.91 Å². The molecule has 0 saturated heterocycles. The molecule has 0 aliphatic heterocycles. The van der Waals surface area contributed by atoms with Crippen LogP contribution >= 0.6 is 24.0 Å². The number of alkyl halides is 1. The van der Waals surface area contributed by atoms with Gasteiger partial charge in [-0.05, 0) is 25.0 Å². The number of nitrogens with one attached hydrogen (secondary N) is 2. The summed E-state index contributed by atoms with van der Waals surface area (Å²) < 4.78 is 11.2. The Bertz CT molecular complexity index is 512. The van der Waals surface area contributed by atoms with Crippen molar-refractivity contribution in [3.63, 3.8) is 0 Å². The third-order valence-corrected chi connectivity index (χ3v) is 2.74. The second-order valence-electron chi connectivity index (χ2n) is 4.49. The molecule has 0 heterocycles. The molecule has 2 N–H and O–H groups in total. The van der Waals surface area contributed by atoms with Crippen LogP contribution in [0.25, 0.3) is 0 Å². The van der Waals surface area contributed by atoms with Gasteiger partial charge in [-0.1, -0.05) is 13.8 Å². The highest BCUT2D eigenvalue weighted by Gasteiger charge is 2.10. The van der Waals surface area contributed by atoms with Crippen LogP contribution < -0.4 is 20.1 Å². The van der Waals surface area contributed by atoms with E-state index in [1.165, 1.54) is 0 Å². The van der Waals surface area contributed by atoms with Gasteiger partial charge in [0, 0.05) is 11.8 Å². The van der Waals surface area contributed by atoms with Crippen LogP contribution in [0.5, 0.6) is 11.5 Å². The van der Waals surface area contributed by atoms with Gasteiger partial charge in [-0.3, -0.25) is 10.1 Å². The number of amides is 3. The number of halogens is 2. The third-order valence-electron chi connectivity index (χ3n) is 2.50. The highest BCUT2D eigenvalue weighted by atomic mass is 35.5. The lowest BCUT2D eigenvalue weighted by molar-refractivity contribution is -0.117. The van der Waals surface area contributed by atoms with E-state index in [-0.39, 0.29) is 18.3 Å². The minimum atomic E-state index is -0.644. The molecule has 1 rings (SSSR count). The number of urea groups is 1. The fourth-order valence-corrected chi connectivity index (χ4v) is 1.63. The zero-order valence-electron chi connectivity index (χ0n) is 13.2. The zero-order chi connectivity index (χ0) is 16.4. The maximum absolute atomic E-state index is 11.6. The van der Waals surface area contributed by atoms with Crippen LogP contribution in [0.1, 0.15) is 26.7 Å². The van der Waals surface area contributed by atoms with Crippen molar-refractivity contribution in [1.82, 2.24) is 5.32 Å². The van der Waals surface area contributed by atoms with Gasteiger partial charge in [0.05, 0.1) is 13.2 Å². The monoisotopic (exact) mass is 364 g/mol. The van der Waals surface area contributed by atoms with Crippen molar-refractivity contribution >= 4 is 41.6 Å². The Labute approximate surface area is 147 Å². The molecule has 0 saturated carbocycles. The minimum absolute atomic E-state index is 0. The van der Waals surface area contributed by atoms with Crippen molar-refractivity contribution in [3.05, 3.63) is 18.2 Å². The van der Waals surface area contributed by atoms with E-state index in [0.29, 0.717) is 30.4 Å². The van der Waals surface area contributed by atoms with E-state index in [2.05, 4.69) is 10.6 Å². The zero-order valence-corrected chi connectivity index (χ0v) is 14.8. The summed E-state index contributed by atoms with van der Waals surface area (Å²) in [5, 5.41) is 4.64. The molecular weight excluding hydrogens is 343 g/mol. The molecule has 130 valence electrons. The highest BCUT2D eigenvalue weighted by Crippen LogP contribution is 2.30. The summed E-state index contributed by atoms with van der Waals surface area (Å²) >= 11 is 5.32. The Morgan fingerprint density at radius 2 is 1.70 bits per heavy atom. The van der Waals surface area contributed by atoms with Crippen LogP contribution in [0.4, 0.5) is 10.5 Å². The second-order valence-corrected chi connectivity index (χ2v) is 4.76. The van der Waals surface area contributed by atoms with Crippen molar-refractivity contribution in [1.29, 1.82) is 0 Å². The molecule has 0 aromatic heterocycles. The smallest absolute Gasteiger partial charge is 0.325 e. The van der Waals surface area contributed by atoms with E-state index < -0.39 is 11.9 Å². The van der Waals surface area contributed by atoms with E-state index in [9.17, 15) is 9.59 Å². The first-order chi connectivity index (χ1) is 10.6. The van der Waals surface area contributed by atoms with Gasteiger partial charge in [-0.2, -0.15) is 0 Å². The number of benzene rings is 1. The van der Waals surface area contributed by atoms with Crippen molar-refractivity contribution in [2.45, 2.75) is 26.7 Å². The summed E-state index contributed by atoms with van der Waals surface area (Å²) in [7, 11) is 0. The summed E-state index contributed by atoms with van der Waals surface area (Å²) in [4.78, 5) is 22.6. The molecule has 6 nitrogen and oxygen atoms in total. The molecule has 8 heteroatoms. The highest BCUT2D eigenvalue weighted by molar-refractivity contribution is 6.28. The molecular formula is C15H22Cl2N2O4. The first-order valence-electron chi connectivity index (χ1n) is 7.17. The standard InChI is InChI=1S/C15H21ClN2O4.ClH/c1-3-7-21-12-6-5-11(9-13(12)22-8-4-2)17-15(20)18-14(19)10-16;/h5-6,9H,3-4,7-8,10H2,1-2H3,(H2,17,18,19,20);1H. The summed E-state index contributed by atoms with van der Waals surface area (Å²) in [6.07, 6.45) is 1.74. The Kier molecular flexibility index (Phi) is 11.0. The summed E-state index contributed by atoms with van der Waals surface area (Å²) in [5.41, 5.74) is 0.495. The summed E-state index contributed by atoms with van der Waals surface area (Å²) in [6.45, 7) is 5.14. The molecule has 23 heavy (non-hydrogen) atoms. The van der Waals surface area contributed by atoms with Crippen LogP contribution in [0, 0.1) is 0 Å². The Morgan fingerprint density at radius 1 is 1.09 bits per heavy atom. The van der Waals surface area contributed by atoms with Crippen LogP contribution in [0.2, 0.25) is 0 Å². The number of imide groups is 1. The number of hydrogen-bond acceptors (Lipinski definition) is 4. The van der Waals surface area contributed by atoms with Crippen molar-refractivity contribution in [3.8, 4) is 11.5 Å². The van der Waals surface area contributed by atoms with Crippen LogP contribution in [0.15, 0.2) is 18.2 Å². The summed E-state index contributed by atoms with van der Waals surface area (Å²) in [6, 6.07) is 4.41. The van der Waals surface area contributed by atoms with Crippen LogP contribution in [-0.4, -0.2) is 31.0 Å². The van der Waals surface area contributed by atoms with Gasteiger partial charge >= 0.3 is 6.03 Å². The lowest BCUT2D eigenvalue weighted by atomic mass is 10.2. The first-order valence-corrected chi connectivity index (χ1v) is 7.70. The number of anilines is 1. The first kappa shape index (κ1) is 21.3. The molecule has 0 aliphatic carbocycles. The van der Waals surface area contributed by atoms with Gasteiger partial charge in [-0.25, -0.2) is 4.79 Å². The Balaban J connectivity index is 0.00000484. The fourth-order valence-electron chi connectivity index (χ4n) is 1.56.